The number of hydrogen-bond acceptors (Lipinski definition) is 3. The zero-order chi connectivity index (χ0) is 13.4. The van der Waals surface area contributed by atoms with Gasteiger partial charge in [-0.3, -0.25) is 4.99 Å². The van der Waals surface area contributed by atoms with E-state index in [0.717, 1.165) is 32.1 Å². The quantitative estimate of drug-likeness (QED) is 0.495. The monoisotopic (exact) mass is 256 g/mol. The van der Waals surface area contributed by atoms with E-state index in [4.69, 9.17) is 4.74 Å². The second-order valence-electron chi connectivity index (χ2n) is 5.04. The van der Waals surface area contributed by atoms with Crippen LogP contribution in [-0.4, -0.2) is 63.8 Å². The van der Waals surface area contributed by atoms with Crippen LogP contribution in [-0.2, 0) is 4.74 Å². The van der Waals surface area contributed by atoms with Gasteiger partial charge in [-0.2, -0.15) is 0 Å². The molecule has 1 unspecified atom stereocenters. The Bertz CT molecular complexity index is 251. The lowest BCUT2D eigenvalue weighted by Gasteiger charge is -2.21. The fourth-order valence-electron chi connectivity index (χ4n) is 1.71. The van der Waals surface area contributed by atoms with Crippen LogP contribution in [0.5, 0.6) is 0 Å². The first-order valence-corrected chi connectivity index (χ1v) is 6.89. The van der Waals surface area contributed by atoms with Crippen molar-refractivity contribution in [1.29, 1.82) is 0 Å². The molecule has 2 N–H and O–H groups in total. The molecule has 1 aliphatic rings. The molecular weight excluding hydrogens is 228 g/mol. The minimum atomic E-state index is 0.246. The lowest BCUT2D eigenvalue weighted by atomic mass is 10.2. The summed E-state index contributed by atoms with van der Waals surface area (Å²) in [6.07, 6.45) is 3.80. The molecule has 1 atom stereocenters. The Kier molecular flexibility index (Phi) is 7.05. The van der Waals surface area contributed by atoms with Gasteiger partial charge in [0, 0.05) is 32.8 Å². The standard InChI is InChI=1S/C13H28N4O/c1-5-18-12(8-9-17(3)4)10-15-13(14-2)16-11-6-7-11/h11-12H,5-10H2,1-4H3,(H2,14,15,16). The van der Waals surface area contributed by atoms with E-state index in [1.54, 1.807) is 0 Å². The van der Waals surface area contributed by atoms with Crippen molar-refractivity contribution in [2.45, 2.75) is 38.3 Å². The Balaban J connectivity index is 2.25. The molecule has 5 nitrogen and oxygen atoms in total. The summed E-state index contributed by atoms with van der Waals surface area (Å²) >= 11 is 0. The molecule has 0 bridgehead atoms. The fraction of sp³-hybridized carbons (Fsp3) is 0.923. The summed E-state index contributed by atoms with van der Waals surface area (Å²) in [7, 11) is 5.99. The topological polar surface area (TPSA) is 48.9 Å². The van der Waals surface area contributed by atoms with Crippen LogP contribution in [0.3, 0.4) is 0 Å². The van der Waals surface area contributed by atoms with Gasteiger partial charge in [0.2, 0.25) is 0 Å². The average molecular weight is 256 g/mol. The molecule has 106 valence electrons. The largest absolute Gasteiger partial charge is 0.377 e. The highest BCUT2D eigenvalue weighted by atomic mass is 16.5. The maximum absolute atomic E-state index is 5.74. The van der Waals surface area contributed by atoms with Crippen molar-refractivity contribution >= 4 is 5.96 Å². The number of aliphatic imine (C=N–C) groups is 1. The molecule has 1 rings (SSSR count). The molecule has 0 aromatic heterocycles. The molecule has 0 aliphatic heterocycles. The molecule has 1 fully saturated rings. The molecule has 1 saturated carbocycles. The van der Waals surface area contributed by atoms with Crippen molar-refractivity contribution in [3.05, 3.63) is 0 Å². The van der Waals surface area contributed by atoms with Gasteiger partial charge >= 0.3 is 0 Å². The Hall–Kier alpha value is -0.810. The molecule has 18 heavy (non-hydrogen) atoms. The normalized spacial score (nSPS) is 17.9. The van der Waals surface area contributed by atoms with Crippen LogP contribution in [0.4, 0.5) is 0 Å². The molecule has 0 aromatic rings. The van der Waals surface area contributed by atoms with E-state index in [9.17, 15) is 0 Å². The van der Waals surface area contributed by atoms with E-state index in [1.165, 1.54) is 12.8 Å². The second kappa shape index (κ2) is 8.32. The highest BCUT2D eigenvalue weighted by Crippen LogP contribution is 2.18. The van der Waals surface area contributed by atoms with E-state index < -0.39 is 0 Å². The fourth-order valence-corrected chi connectivity index (χ4v) is 1.71. The van der Waals surface area contributed by atoms with Gasteiger partial charge in [0.25, 0.3) is 0 Å². The summed E-state index contributed by atoms with van der Waals surface area (Å²) in [6.45, 7) is 4.66. The van der Waals surface area contributed by atoms with Crippen molar-refractivity contribution in [1.82, 2.24) is 15.5 Å². The third kappa shape index (κ3) is 6.81. The van der Waals surface area contributed by atoms with Crippen LogP contribution >= 0.6 is 0 Å². The van der Waals surface area contributed by atoms with Gasteiger partial charge < -0.3 is 20.3 Å². The van der Waals surface area contributed by atoms with Crippen molar-refractivity contribution in [2.75, 3.05) is 40.8 Å². The molecule has 0 radical (unpaired) electrons. The summed E-state index contributed by atoms with van der Waals surface area (Å²) in [5, 5.41) is 6.72. The molecule has 0 saturated heterocycles. The van der Waals surface area contributed by atoms with Crippen molar-refractivity contribution in [2.24, 2.45) is 4.99 Å². The van der Waals surface area contributed by atoms with Crippen molar-refractivity contribution in [3.8, 4) is 0 Å². The van der Waals surface area contributed by atoms with E-state index in [2.05, 4.69) is 34.6 Å². The van der Waals surface area contributed by atoms with Crippen molar-refractivity contribution in [3.63, 3.8) is 0 Å². The first kappa shape index (κ1) is 15.2. The highest BCUT2D eigenvalue weighted by molar-refractivity contribution is 5.80. The summed E-state index contributed by atoms with van der Waals surface area (Å²) in [6, 6.07) is 0.628. The lowest BCUT2D eigenvalue weighted by Crippen LogP contribution is -2.43. The van der Waals surface area contributed by atoms with Gasteiger partial charge in [0.15, 0.2) is 5.96 Å². The lowest BCUT2D eigenvalue weighted by molar-refractivity contribution is 0.0548. The summed E-state index contributed by atoms with van der Waals surface area (Å²) < 4.78 is 5.74. The number of ether oxygens (including phenoxy) is 1. The van der Waals surface area contributed by atoms with Crippen LogP contribution < -0.4 is 10.6 Å². The summed E-state index contributed by atoms with van der Waals surface area (Å²) in [4.78, 5) is 6.41. The van der Waals surface area contributed by atoms with Crippen molar-refractivity contribution < 1.29 is 4.74 Å². The number of rotatable bonds is 8. The molecule has 0 aromatic carbocycles. The minimum Gasteiger partial charge on any atom is -0.377 e. The number of nitrogens with one attached hydrogen (secondary N) is 2. The SMILES string of the molecule is CCOC(CCN(C)C)CNC(=NC)NC1CC1. The maximum Gasteiger partial charge on any atom is 0.191 e. The first-order valence-electron chi connectivity index (χ1n) is 6.89. The highest BCUT2D eigenvalue weighted by Gasteiger charge is 2.22. The smallest absolute Gasteiger partial charge is 0.191 e. The van der Waals surface area contributed by atoms with Crippen LogP contribution in [0, 0.1) is 0 Å². The predicted molar refractivity (Wildman–Crippen MR) is 76.1 cm³/mol. The zero-order valence-electron chi connectivity index (χ0n) is 12.2. The average Bonchev–Trinajstić information content (AvgIpc) is 3.14. The summed E-state index contributed by atoms with van der Waals surface area (Å²) in [5.74, 6) is 0.895. The second-order valence-corrected chi connectivity index (χ2v) is 5.04. The third-order valence-electron chi connectivity index (χ3n) is 2.94. The van der Waals surface area contributed by atoms with Gasteiger partial charge in [-0.1, -0.05) is 0 Å². The molecule has 1 aliphatic carbocycles. The Morgan fingerprint density at radius 2 is 2.17 bits per heavy atom. The number of nitrogens with zero attached hydrogens (tertiary/aromatic N) is 2. The Morgan fingerprint density at radius 1 is 1.44 bits per heavy atom. The predicted octanol–water partition coefficient (Wildman–Crippen LogP) is 0.671. The van der Waals surface area contributed by atoms with Crippen LogP contribution in [0.15, 0.2) is 4.99 Å². The summed E-state index contributed by atoms with van der Waals surface area (Å²) in [5.41, 5.74) is 0. The van der Waals surface area contributed by atoms with E-state index in [-0.39, 0.29) is 6.10 Å². The molecular formula is C13H28N4O. The van der Waals surface area contributed by atoms with Gasteiger partial charge in [0.1, 0.15) is 0 Å². The van der Waals surface area contributed by atoms with Crippen LogP contribution in [0.2, 0.25) is 0 Å². The number of hydrogen-bond donors (Lipinski definition) is 2. The maximum atomic E-state index is 5.74. The van der Waals surface area contributed by atoms with Gasteiger partial charge in [0.05, 0.1) is 6.10 Å². The molecule has 5 heteroatoms. The first-order chi connectivity index (χ1) is 8.65. The zero-order valence-corrected chi connectivity index (χ0v) is 12.2. The Morgan fingerprint density at radius 3 is 2.67 bits per heavy atom. The number of guanidine groups is 1. The van der Waals surface area contributed by atoms with Crippen LogP contribution in [0.1, 0.15) is 26.2 Å². The molecule has 0 spiro atoms. The molecule has 0 heterocycles. The molecule has 0 amide bonds. The van der Waals surface area contributed by atoms with Gasteiger partial charge in [-0.15, -0.1) is 0 Å². The van der Waals surface area contributed by atoms with Crippen LogP contribution in [0.25, 0.3) is 0 Å². The van der Waals surface area contributed by atoms with Gasteiger partial charge in [-0.25, -0.2) is 0 Å². The Labute approximate surface area is 111 Å². The van der Waals surface area contributed by atoms with Gasteiger partial charge in [-0.05, 0) is 40.3 Å². The van der Waals surface area contributed by atoms with E-state index >= 15 is 0 Å². The third-order valence-corrected chi connectivity index (χ3v) is 2.94. The minimum absolute atomic E-state index is 0.246. The van der Waals surface area contributed by atoms with E-state index in [0.29, 0.717) is 6.04 Å². The van der Waals surface area contributed by atoms with E-state index in [1.807, 2.05) is 14.0 Å².